The van der Waals surface area contributed by atoms with Crippen molar-refractivity contribution in [2.45, 2.75) is 37.8 Å². The predicted molar refractivity (Wildman–Crippen MR) is 84.2 cm³/mol. The summed E-state index contributed by atoms with van der Waals surface area (Å²) in [5.41, 5.74) is 1.03. The molecule has 1 saturated carbocycles. The first-order valence-electron chi connectivity index (χ1n) is 7.77. The van der Waals surface area contributed by atoms with Crippen LogP contribution in [0.1, 0.15) is 52.2 Å². The zero-order chi connectivity index (χ0) is 16.2. The summed E-state index contributed by atoms with van der Waals surface area (Å²) in [6, 6.07) is 10.4. The number of aromatic nitrogens is 2. The Morgan fingerprint density at radius 2 is 1.83 bits per heavy atom. The summed E-state index contributed by atoms with van der Waals surface area (Å²) < 4.78 is 0. The number of hydrogen-bond donors (Lipinski definition) is 3. The Morgan fingerprint density at radius 3 is 2.52 bits per heavy atom. The largest absolute Gasteiger partial charge is 0.393 e. The summed E-state index contributed by atoms with van der Waals surface area (Å²) in [7, 11) is 0. The number of nitrogens with one attached hydrogen (secondary N) is 2. The monoisotopic (exact) mass is 313 g/mol. The number of aliphatic hydroxyl groups is 1. The van der Waals surface area contributed by atoms with E-state index in [-0.39, 0.29) is 35.2 Å². The number of carbonyl (C=O) groups is 2. The van der Waals surface area contributed by atoms with Crippen LogP contribution in [0.4, 0.5) is 0 Å². The van der Waals surface area contributed by atoms with Crippen molar-refractivity contribution in [1.29, 1.82) is 0 Å². The van der Waals surface area contributed by atoms with Crippen LogP contribution in [0.2, 0.25) is 0 Å². The Bertz CT molecular complexity index is 688. The number of benzene rings is 1. The third-order valence-corrected chi connectivity index (χ3v) is 4.12. The lowest BCUT2D eigenvalue weighted by molar-refractivity contribution is 0.0863. The van der Waals surface area contributed by atoms with Gasteiger partial charge in [0.15, 0.2) is 0 Å². The SMILES string of the molecule is O=C(c1ccccc1)c1cc(C(=O)NC2CCC(O)CC2)[nH]n1. The molecular formula is C17H19N3O3. The molecule has 3 N–H and O–H groups in total. The van der Waals surface area contributed by atoms with E-state index in [2.05, 4.69) is 15.5 Å². The van der Waals surface area contributed by atoms with E-state index in [1.807, 2.05) is 6.07 Å². The summed E-state index contributed by atoms with van der Waals surface area (Å²) in [5.74, 6) is -0.493. The Kier molecular flexibility index (Phi) is 4.52. The van der Waals surface area contributed by atoms with Gasteiger partial charge in [-0.3, -0.25) is 14.7 Å². The second kappa shape index (κ2) is 6.75. The lowest BCUT2D eigenvalue weighted by atomic mass is 9.93. The molecule has 6 nitrogen and oxygen atoms in total. The van der Waals surface area contributed by atoms with Crippen LogP contribution in [0.25, 0.3) is 0 Å². The Hall–Kier alpha value is -2.47. The van der Waals surface area contributed by atoms with Crippen LogP contribution < -0.4 is 5.32 Å². The van der Waals surface area contributed by atoms with Gasteiger partial charge in [-0.25, -0.2) is 0 Å². The van der Waals surface area contributed by atoms with Gasteiger partial charge in [-0.15, -0.1) is 0 Å². The molecule has 1 aliphatic rings. The molecule has 0 saturated heterocycles. The molecule has 23 heavy (non-hydrogen) atoms. The highest BCUT2D eigenvalue weighted by Gasteiger charge is 2.22. The first-order chi connectivity index (χ1) is 11.1. The molecule has 1 aromatic heterocycles. The second-order valence-corrected chi connectivity index (χ2v) is 5.84. The van der Waals surface area contributed by atoms with Crippen molar-refractivity contribution < 1.29 is 14.7 Å². The van der Waals surface area contributed by atoms with Crippen molar-refractivity contribution in [2.24, 2.45) is 0 Å². The number of rotatable bonds is 4. The van der Waals surface area contributed by atoms with Gasteiger partial charge in [0.2, 0.25) is 5.78 Å². The van der Waals surface area contributed by atoms with E-state index < -0.39 is 0 Å². The minimum absolute atomic E-state index is 0.0578. The molecule has 0 bridgehead atoms. The molecule has 1 aromatic carbocycles. The lowest BCUT2D eigenvalue weighted by Crippen LogP contribution is -2.38. The first kappa shape index (κ1) is 15.4. The van der Waals surface area contributed by atoms with Gasteiger partial charge in [0, 0.05) is 17.7 Å². The predicted octanol–water partition coefficient (Wildman–Crippen LogP) is 1.67. The quantitative estimate of drug-likeness (QED) is 0.748. The highest BCUT2D eigenvalue weighted by Crippen LogP contribution is 2.18. The lowest BCUT2D eigenvalue weighted by Gasteiger charge is -2.25. The van der Waals surface area contributed by atoms with Crippen molar-refractivity contribution in [2.75, 3.05) is 0 Å². The second-order valence-electron chi connectivity index (χ2n) is 5.84. The Balaban J connectivity index is 1.64. The molecule has 0 unspecified atom stereocenters. The van der Waals surface area contributed by atoms with Crippen LogP contribution in [-0.2, 0) is 0 Å². The summed E-state index contributed by atoms with van der Waals surface area (Å²) in [6.45, 7) is 0. The van der Waals surface area contributed by atoms with Gasteiger partial charge in [-0.1, -0.05) is 30.3 Å². The maximum Gasteiger partial charge on any atom is 0.269 e. The standard InChI is InChI=1S/C17H19N3O3/c21-13-8-6-12(7-9-13)18-17(23)15-10-14(19-20-15)16(22)11-4-2-1-3-5-11/h1-5,10,12-13,21H,6-9H2,(H,18,23)(H,19,20). The zero-order valence-corrected chi connectivity index (χ0v) is 12.7. The van der Waals surface area contributed by atoms with Crippen LogP contribution in [0.3, 0.4) is 0 Å². The summed E-state index contributed by atoms with van der Waals surface area (Å²) >= 11 is 0. The molecule has 6 heteroatoms. The number of ketones is 1. The van der Waals surface area contributed by atoms with Crippen LogP contribution in [-0.4, -0.2) is 39.1 Å². The van der Waals surface area contributed by atoms with E-state index in [1.165, 1.54) is 6.07 Å². The Morgan fingerprint density at radius 1 is 1.13 bits per heavy atom. The van der Waals surface area contributed by atoms with Crippen molar-refractivity contribution in [3.8, 4) is 0 Å². The maximum atomic E-state index is 12.3. The molecule has 1 heterocycles. The van der Waals surface area contributed by atoms with Gasteiger partial charge in [-0.05, 0) is 25.7 Å². The number of hydrogen-bond acceptors (Lipinski definition) is 4. The van der Waals surface area contributed by atoms with Gasteiger partial charge in [0.25, 0.3) is 5.91 Å². The van der Waals surface area contributed by atoms with E-state index in [1.54, 1.807) is 24.3 Å². The average Bonchev–Trinajstić information content (AvgIpc) is 3.07. The fraction of sp³-hybridized carbons (Fsp3) is 0.353. The van der Waals surface area contributed by atoms with Gasteiger partial charge >= 0.3 is 0 Å². The van der Waals surface area contributed by atoms with Crippen LogP contribution >= 0.6 is 0 Å². The number of carbonyl (C=O) groups excluding carboxylic acids is 2. The fourth-order valence-corrected chi connectivity index (χ4v) is 2.78. The van der Waals surface area contributed by atoms with E-state index in [4.69, 9.17) is 0 Å². The van der Waals surface area contributed by atoms with Crippen LogP contribution in [0.5, 0.6) is 0 Å². The minimum Gasteiger partial charge on any atom is -0.393 e. The van der Waals surface area contributed by atoms with Gasteiger partial charge in [-0.2, -0.15) is 5.10 Å². The van der Waals surface area contributed by atoms with Crippen molar-refractivity contribution >= 4 is 11.7 Å². The van der Waals surface area contributed by atoms with Gasteiger partial charge < -0.3 is 10.4 Å². The van der Waals surface area contributed by atoms with E-state index in [0.29, 0.717) is 18.4 Å². The molecule has 2 aromatic rings. The Labute approximate surface area is 133 Å². The topological polar surface area (TPSA) is 95.1 Å². The number of aromatic amines is 1. The molecule has 0 radical (unpaired) electrons. The molecule has 120 valence electrons. The van der Waals surface area contributed by atoms with Crippen molar-refractivity contribution in [3.63, 3.8) is 0 Å². The first-order valence-corrected chi connectivity index (χ1v) is 7.77. The number of H-pyrrole nitrogens is 1. The zero-order valence-electron chi connectivity index (χ0n) is 12.7. The minimum atomic E-state index is -0.272. The number of aliphatic hydroxyl groups excluding tert-OH is 1. The fourth-order valence-electron chi connectivity index (χ4n) is 2.78. The molecule has 3 rings (SSSR count). The van der Waals surface area contributed by atoms with Crippen molar-refractivity contribution in [3.05, 3.63) is 53.3 Å². The summed E-state index contributed by atoms with van der Waals surface area (Å²) in [4.78, 5) is 24.5. The normalized spacial score (nSPS) is 20.9. The van der Waals surface area contributed by atoms with E-state index in [9.17, 15) is 14.7 Å². The van der Waals surface area contributed by atoms with Gasteiger partial charge in [0.1, 0.15) is 11.4 Å². The summed E-state index contributed by atoms with van der Waals surface area (Å²) in [5, 5.41) is 19.0. The molecular weight excluding hydrogens is 294 g/mol. The maximum absolute atomic E-state index is 12.3. The molecule has 1 aliphatic carbocycles. The van der Waals surface area contributed by atoms with E-state index in [0.717, 1.165) is 12.8 Å². The number of amides is 1. The third-order valence-electron chi connectivity index (χ3n) is 4.12. The van der Waals surface area contributed by atoms with Crippen LogP contribution in [0, 0.1) is 0 Å². The van der Waals surface area contributed by atoms with Crippen LogP contribution in [0.15, 0.2) is 36.4 Å². The smallest absolute Gasteiger partial charge is 0.269 e. The molecule has 1 fully saturated rings. The molecule has 0 atom stereocenters. The molecule has 0 aliphatic heterocycles. The van der Waals surface area contributed by atoms with E-state index >= 15 is 0 Å². The number of nitrogens with zero attached hydrogens (tertiary/aromatic N) is 1. The van der Waals surface area contributed by atoms with Crippen molar-refractivity contribution in [1.82, 2.24) is 15.5 Å². The molecule has 0 spiro atoms. The highest BCUT2D eigenvalue weighted by atomic mass is 16.3. The third kappa shape index (κ3) is 3.65. The van der Waals surface area contributed by atoms with Gasteiger partial charge in [0.05, 0.1) is 6.10 Å². The average molecular weight is 313 g/mol. The summed E-state index contributed by atoms with van der Waals surface area (Å²) in [6.07, 6.45) is 2.66. The highest BCUT2D eigenvalue weighted by molar-refractivity contribution is 6.08. The molecule has 1 amide bonds.